The molecule has 19 heavy (non-hydrogen) atoms. The fourth-order valence-corrected chi connectivity index (χ4v) is 2.38. The van der Waals surface area contributed by atoms with Crippen LogP contribution >= 0.6 is 0 Å². The van der Waals surface area contributed by atoms with Crippen LogP contribution in [0.25, 0.3) is 0 Å². The van der Waals surface area contributed by atoms with Gasteiger partial charge in [0.15, 0.2) is 0 Å². The summed E-state index contributed by atoms with van der Waals surface area (Å²) in [4.78, 5) is 6.81. The molecule has 0 aliphatic carbocycles. The van der Waals surface area contributed by atoms with Gasteiger partial charge in [-0.15, -0.1) is 0 Å². The van der Waals surface area contributed by atoms with E-state index < -0.39 is 0 Å². The molecule has 1 aromatic rings. The predicted molar refractivity (Wildman–Crippen MR) is 75.3 cm³/mol. The Morgan fingerprint density at radius 2 is 2.21 bits per heavy atom. The Bertz CT molecular complexity index is 361. The molecular weight excluding hydrogens is 242 g/mol. The lowest BCUT2D eigenvalue weighted by molar-refractivity contribution is 0.0158. The molecule has 1 aliphatic heterocycles. The Morgan fingerprint density at radius 1 is 1.42 bits per heavy atom. The second kappa shape index (κ2) is 7.43. The van der Waals surface area contributed by atoms with Crippen LogP contribution in [0.4, 0.5) is 5.82 Å². The van der Waals surface area contributed by atoms with Crippen LogP contribution in [0.3, 0.4) is 0 Å². The second-order valence-electron chi connectivity index (χ2n) is 4.84. The van der Waals surface area contributed by atoms with Crippen molar-refractivity contribution < 1.29 is 9.84 Å². The van der Waals surface area contributed by atoms with Gasteiger partial charge in [-0.05, 0) is 31.5 Å². The molecule has 0 radical (unpaired) electrons. The normalized spacial score (nSPS) is 16.8. The van der Waals surface area contributed by atoms with Crippen LogP contribution in [0, 0.1) is 0 Å². The Labute approximate surface area is 114 Å². The van der Waals surface area contributed by atoms with Crippen molar-refractivity contribution >= 4 is 5.82 Å². The fourth-order valence-electron chi connectivity index (χ4n) is 2.38. The largest absolute Gasteiger partial charge is 0.394 e. The predicted octanol–water partition coefficient (Wildman–Crippen LogP) is 0.779. The van der Waals surface area contributed by atoms with Gasteiger partial charge in [-0.25, -0.2) is 4.98 Å². The first-order valence-corrected chi connectivity index (χ1v) is 6.90. The Balaban J connectivity index is 1.83. The van der Waals surface area contributed by atoms with Gasteiger partial charge in [0.25, 0.3) is 0 Å². The third-order valence-electron chi connectivity index (χ3n) is 3.40. The number of aromatic nitrogens is 1. The molecule has 2 rings (SSSR count). The van der Waals surface area contributed by atoms with Crippen molar-refractivity contribution in [2.45, 2.75) is 25.5 Å². The lowest BCUT2D eigenvalue weighted by Crippen LogP contribution is -2.37. The van der Waals surface area contributed by atoms with Gasteiger partial charge in [0, 0.05) is 25.8 Å². The van der Waals surface area contributed by atoms with Crippen LogP contribution in [-0.4, -0.2) is 49.5 Å². The van der Waals surface area contributed by atoms with E-state index >= 15 is 0 Å². The molecule has 1 aliphatic rings. The van der Waals surface area contributed by atoms with Crippen LogP contribution < -0.4 is 10.2 Å². The highest BCUT2D eigenvalue weighted by Crippen LogP contribution is 2.19. The average Bonchev–Trinajstić information content (AvgIpc) is 2.47. The van der Waals surface area contributed by atoms with Crippen molar-refractivity contribution in [3.63, 3.8) is 0 Å². The fraction of sp³-hybridized carbons (Fsp3) is 0.643. The molecule has 0 spiro atoms. The highest BCUT2D eigenvalue weighted by molar-refractivity contribution is 5.39. The topological polar surface area (TPSA) is 57.6 Å². The van der Waals surface area contributed by atoms with E-state index in [1.807, 2.05) is 13.2 Å². The number of nitrogens with zero attached hydrogens (tertiary/aromatic N) is 2. The average molecular weight is 265 g/mol. The maximum atomic E-state index is 8.75. The third kappa shape index (κ3) is 4.16. The van der Waals surface area contributed by atoms with Gasteiger partial charge in [-0.1, -0.05) is 6.07 Å². The van der Waals surface area contributed by atoms with Crippen LogP contribution in [0.1, 0.15) is 18.4 Å². The van der Waals surface area contributed by atoms with Gasteiger partial charge < -0.3 is 20.1 Å². The molecule has 1 saturated heterocycles. The van der Waals surface area contributed by atoms with Gasteiger partial charge in [0.05, 0.1) is 19.3 Å². The maximum absolute atomic E-state index is 8.75. The first-order valence-electron chi connectivity index (χ1n) is 6.90. The zero-order valence-electron chi connectivity index (χ0n) is 11.5. The molecule has 1 fully saturated rings. The van der Waals surface area contributed by atoms with Gasteiger partial charge in [0.2, 0.25) is 0 Å². The summed E-state index contributed by atoms with van der Waals surface area (Å²) in [5, 5.41) is 11.9. The highest BCUT2D eigenvalue weighted by Gasteiger charge is 2.20. The molecule has 0 amide bonds. The second-order valence-corrected chi connectivity index (χ2v) is 4.84. The number of aliphatic hydroxyl groups is 1. The molecule has 0 atom stereocenters. The summed E-state index contributed by atoms with van der Waals surface area (Å²) >= 11 is 0. The number of piperidine rings is 1. The molecule has 2 N–H and O–H groups in total. The summed E-state index contributed by atoms with van der Waals surface area (Å²) < 4.78 is 5.56. The smallest absolute Gasteiger partial charge is 0.128 e. The van der Waals surface area contributed by atoms with Gasteiger partial charge in [-0.2, -0.15) is 0 Å². The zero-order valence-corrected chi connectivity index (χ0v) is 11.5. The van der Waals surface area contributed by atoms with Gasteiger partial charge in [0.1, 0.15) is 5.82 Å². The van der Waals surface area contributed by atoms with Gasteiger partial charge in [-0.3, -0.25) is 0 Å². The van der Waals surface area contributed by atoms with Crippen molar-refractivity contribution in [3.05, 3.63) is 23.9 Å². The quantitative estimate of drug-likeness (QED) is 0.796. The monoisotopic (exact) mass is 265 g/mol. The van der Waals surface area contributed by atoms with Crippen LogP contribution in [0.5, 0.6) is 0 Å². The number of hydrogen-bond donors (Lipinski definition) is 2. The Hall–Kier alpha value is -1.17. The highest BCUT2D eigenvalue weighted by atomic mass is 16.5. The number of aliphatic hydroxyl groups excluding tert-OH is 1. The summed E-state index contributed by atoms with van der Waals surface area (Å²) in [6, 6.07) is 4.20. The van der Waals surface area contributed by atoms with Crippen molar-refractivity contribution in [2.75, 3.05) is 38.3 Å². The molecule has 106 valence electrons. The first kappa shape index (κ1) is 14.2. The molecule has 0 saturated carbocycles. The zero-order chi connectivity index (χ0) is 13.5. The van der Waals surface area contributed by atoms with E-state index in [2.05, 4.69) is 27.3 Å². The van der Waals surface area contributed by atoms with Crippen LogP contribution in [-0.2, 0) is 11.3 Å². The number of ether oxygens (including phenoxy) is 1. The summed E-state index contributed by atoms with van der Waals surface area (Å²) in [6.45, 7) is 3.34. The van der Waals surface area contributed by atoms with Crippen molar-refractivity contribution in [3.8, 4) is 0 Å². The molecule has 0 bridgehead atoms. The molecule has 2 heterocycles. The van der Waals surface area contributed by atoms with E-state index in [0.717, 1.165) is 38.3 Å². The Kier molecular flexibility index (Phi) is 5.57. The number of hydrogen-bond acceptors (Lipinski definition) is 5. The van der Waals surface area contributed by atoms with Crippen LogP contribution in [0.15, 0.2) is 18.3 Å². The number of rotatable bonds is 6. The Morgan fingerprint density at radius 3 is 2.79 bits per heavy atom. The number of anilines is 1. The summed E-state index contributed by atoms with van der Waals surface area (Å²) in [5.41, 5.74) is 1.20. The van der Waals surface area contributed by atoms with Crippen molar-refractivity contribution in [2.24, 2.45) is 0 Å². The van der Waals surface area contributed by atoms with E-state index in [1.165, 1.54) is 5.56 Å². The lowest BCUT2D eigenvalue weighted by atomic mass is 10.1. The molecule has 5 heteroatoms. The first-order chi connectivity index (χ1) is 9.33. The summed E-state index contributed by atoms with van der Waals surface area (Å²) in [5.74, 6) is 1.04. The lowest BCUT2D eigenvalue weighted by Gasteiger charge is -2.32. The molecule has 1 aromatic heterocycles. The minimum absolute atomic E-state index is 0.106. The summed E-state index contributed by atoms with van der Waals surface area (Å²) in [6.07, 6.45) is 4.21. The van der Waals surface area contributed by atoms with E-state index in [4.69, 9.17) is 9.84 Å². The van der Waals surface area contributed by atoms with E-state index in [0.29, 0.717) is 6.61 Å². The third-order valence-corrected chi connectivity index (χ3v) is 3.40. The van der Waals surface area contributed by atoms with E-state index in [9.17, 15) is 0 Å². The minimum Gasteiger partial charge on any atom is -0.394 e. The van der Waals surface area contributed by atoms with Crippen molar-refractivity contribution in [1.29, 1.82) is 0 Å². The van der Waals surface area contributed by atoms with E-state index in [1.54, 1.807) is 0 Å². The maximum Gasteiger partial charge on any atom is 0.128 e. The molecule has 5 nitrogen and oxygen atoms in total. The SMILES string of the molecule is CNCc1ccc(N2CCC(OCCO)CC2)nc1. The number of nitrogens with one attached hydrogen (secondary N) is 1. The molecular formula is C14H23N3O2. The molecule has 0 aromatic carbocycles. The summed E-state index contributed by atoms with van der Waals surface area (Å²) in [7, 11) is 1.94. The number of pyridine rings is 1. The molecule has 0 unspecified atom stereocenters. The van der Waals surface area contributed by atoms with E-state index in [-0.39, 0.29) is 12.7 Å². The minimum atomic E-state index is 0.106. The van der Waals surface area contributed by atoms with Gasteiger partial charge >= 0.3 is 0 Å². The van der Waals surface area contributed by atoms with Crippen LogP contribution in [0.2, 0.25) is 0 Å². The van der Waals surface area contributed by atoms with Crippen molar-refractivity contribution in [1.82, 2.24) is 10.3 Å². The standard InChI is InChI=1S/C14H23N3O2/c1-15-10-12-2-3-14(16-11-12)17-6-4-13(5-7-17)19-9-8-18/h2-3,11,13,15,18H,4-10H2,1H3.